The molecule has 1 amide bonds. The smallest absolute Gasteiger partial charge is 0.253 e. The van der Waals surface area contributed by atoms with Crippen LogP contribution in [0.25, 0.3) is 0 Å². The van der Waals surface area contributed by atoms with E-state index in [-0.39, 0.29) is 27.4 Å². The number of hydrogen-bond acceptors (Lipinski definition) is 3. The largest absolute Gasteiger partial charge is 0.349 e. The monoisotopic (exact) mass is 394 g/mol. The average Bonchev–Trinajstić information content (AvgIpc) is 2.76. The van der Waals surface area contributed by atoms with Crippen LogP contribution in [0.15, 0.2) is 21.5 Å². The van der Waals surface area contributed by atoms with Crippen LogP contribution in [0.1, 0.15) is 36.5 Å². The summed E-state index contributed by atoms with van der Waals surface area (Å²) in [5.74, 6) is 0.193. The Balaban J connectivity index is 2.30. The zero-order valence-corrected chi connectivity index (χ0v) is 14.6. The SMILES string of the molecule is CC1CCC(NC(=O)c2cc(S(N)(=O)=O)cc(Br)c2Cl)C1. The minimum Gasteiger partial charge on any atom is -0.349 e. The molecule has 0 radical (unpaired) electrons. The normalized spacial score (nSPS) is 22.3. The van der Waals surface area contributed by atoms with Gasteiger partial charge in [-0.1, -0.05) is 18.5 Å². The van der Waals surface area contributed by atoms with Crippen molar-refractivity contribution in [3.8, 4) is 0 Å². The van der Waals surface area contributed by atoms with Crippen molar-refractivity contribution in [3.05, 3.63) is 27.2 Å². The summed E-state index contributed by atoms with van der Waals surface area (Å²) in [6.07, 6.45) is 2.90. The standard InChI is InChI=1S/C13H16BrClN2O3S/c1-7-2-3-8(4-7)17-13(18)10-5-9(21(16,19)20)6-11(14)12(10)15/h5-8H,2-4H2,1H3,(H,17,18)(H2,16,19,20). The second-order valence-corrected chi connectivity index (χ2v) is 8.19. The molecule has 0 aromatic heterocycles. The van der Waals surface area contributed by atoms with E-state index in [1.54, 1.807) is 0 Å². The molecule has 116 valence electrons. The Kier molecular flexibility index (Phi) is 4.97. The quantitative estimate of drug-likeness (QED) is 0.824. The molecule has 2 atom stereocenters. The van der Waals surface area contributed by atoms with Gasteiger partial charge in [-0.25, -0.2) is 13.6 Å². The summed E-state index contributed by atoms with van der Waals surface area (Å²) >= 11 is 9.23. The first-order valence-electron chi connectivity index (χ1n) is 6.51. The molecule has 1 saturated carbocycles. The maximum Gasteiger partial charge on any atom is 0.253 e. The predicted molar refractivity (Wildman–Crippen MR) is 84.8 cm³/mol. The fourth-order valence-electron chi connectivity index (χ4n) is 2.50. The van der Waals surface area contributed by atoms with Crippen LogP contribution in [0.5, 0.6) is 0 Å². The van der Waals surface area contributed by atoms with Crippen molar-refractivity contribution in [1.29, 1.82) is 0 Å². The number of nitrogens with two attached hydrogens (primary N) is 1. The van der Waals surface area contributed by atoms with E-state index >= 15 is 0 Å². The number of rotatable bonds is 3. The number of nitrogens with one attached hydrogen (secondary N) is 1. The second-order valence-electron chi connectivity index (χ2n) is 5.40. The number of hydrogen-bond donors (Lipinski definition) is 2. The summed E-state index contributed by atoms with van der Waals surface area (Å²) < 4.78 is 23.2. The van der Waals surface area contributed by atoms with Gasteiger partial charge in [-0.15, -0.1) is 0 Å². The number of benzene rings is 1. The number of amides is 1. The van der Waals surface area contributed by atoms with Crippen LogP contribution in [0.4, 0.5) is 0 Å². The molecule has 1 aromatic rings. The van der Waals surface area contributed by atoms with Gasteiger partial charge in [0.1, 0.15) is 0 Å². The number of primary sulfonamides is 1. The summed E-state index contributed by atoms with van der Waals surface area (Å²) in [7, 11) is -3.90. The molecule has 1 aliphatic rings. The van der Waals surface area contributed by atoms with E-state index in [0.29, 0.717) is 10.4 Å². The molecule has 3 N–H and O–H groups in total. The number of sulfonamides is 1. The Morgan fingerprint density at radius 1 is 1.43 bits per heavy atom. The molecule has 5 nitrogen and oxygen atoms in total. The topological polar surface area (TPSA) is 89.3 Å². The van der Waals surface area contributed by atoms with E-state index in [1.165, 1.54) is 12.1 Å². The van der Waals surface area contributed by atoms with Crippen molar-refractivity contribution in [2.75, 3.05) is 0 Å². The van der Waals surface area contributed by atoms with Gasteiger partial charge in [-0.2, -0.15) is 0 Å². The predicted octanol–water partition coefficient (Wildman–Crippen LogP) is 2.67. The van der Waals surface area contributed by atoms with Gasteiger partial charge in [0.25, 0.3) is 5.91 Å². The minimum absolute atomic E-state index is 0.0977. The Morgan fingerprint density at radius 3 is 2.62 bits per heavy atom. The van der Waals surface area contributed by atoms with E-state index in [0.717, 1.165) is 19.3 Å². The van der Waals surface area contributed by atoms with E-state index in [9.17, 15) is 13.2 Å². The van der Waals surface area contributed by atoms with Crippen molar-refractivity contribution < 1.29 is 13.2 Å². The molecule has 2 unspecified atom stereocenters. The van der Waals surface area contributed by atoms with E-state index in [2.05, 4.69) is 28.2 Å². The highest BCUT2D eigenvalue weighted by Crippen LogP contribution is 2.30. The summed E-state index contributed by atoms with van der Waals surface area (Å²) in [5, 5.41) is 8.17. The molecule has 8 heteroatoms. The van der Waals surface area contributed by atoms with Crippen molar-refractivity contribution in [3.63, 3.8) is 0 Å². The van der Waals surface area contributed by atoms with Gasteiger partial charge in [0.05, 0.1) is 15.5 Å². The van der Waals surface area contributed by atoms with Crippen molar-refractivity contribution in [2.45, 2.75) is 37.1 Å². The fraction of sp³-hybridized carbons (Fsp3) is 0.462. The maximum absolute atomic E-state index is 12.3. The summed E-state index contributed by atoms with van der Waals surface area (Å²) in [6.45, 7) is 2.14. The van der Waals surface area contributed by atoms with E-state index in [4.69, 9.17) is 16.7 Å². The summed E-state index contributed by atoms with van der Waals surface area (Å²) in [4.78, 5) is 12.2. The average molecular weight is 396 g/mol. The highest BCUT2D eigenvalue weighted by atomic mass is 79.9. The second kappa shape index (κ2) is 6.24. The van der Waals surface area contributed by atoms with Crippen molar-refractivity contribution in [2.24, 2.45) is 11.1 Å². The number of carbonyl (C=O) groups excluding carboxylic acids is 1. The third-order valence-corrected chi connectivity index (χ3v) is 5.76. The first-order valence-corrected chi connectivity index (χ1v) is 9.23. The Morgan fingerprint density at radius 2 is 2.10 bits per heavy atom. The van der Waals surface area contributed by atoms with Crippen LogP contribution in [-0.4, -0.2) is 20.4 Å². The van der Waals surface area contributed by atoms with Gasteiger partial charge in [0.15, 0.2) is 0 Å². The highest BCUT2D eigenvalue weighted by Gasteiger charge is 2.25. The van der Waals surface area contributed by atoms with Gasteiger partial charge in [-0.05, 0) is 53.2 Å². The molecular weight excluding hydrogens is 380 g/mol. The lowest BCUT2D eigenvalue weighted by atomic mass is 10.1. The minimum atomic E-state index is -3.90. The van der Waals surface area contributed by atoms with E-state index < -0.39 is 10.0 Å². The molecule has 0 heterocycles. The molecular formula is C13H16BrClN2O3S. The lowest BCUT2D eigenvalue weighted by molar-refractivity contribution is 0.0937. The fourth-order valence-corrected chi connectivity index (χ4v) is 3.87. The third kappa shape index (κ3) is 3.97. The van der Waals surface area contributed by atoms with Crippen LogP contribution in [0, 0.1) is 5.92 Å². The number of carbonyl (C=O) groups is 1. The molecule has 0 bridgehead atoms. The first-order chi connectivity index (χ1) is 9.68. The van der Waals surface area contributed by atoms with Crippen LogP contribution >= 0.6 is 27.5 Å². The van der Waals surface area contributed by atoms with Gasteiger partial charge in [0, 0.05) is 10.5 Å². The molecule has 0 spiro atoms. The summed E-state index contributed by atoms with van der Waals surface area (Å²) in [6, 6.07) is 2.59. The van der Waals surface area contributed by atoms with Crippen LogP contribution in [0.3, 0.4) is 0 Å². The Hall–Kier alpha value is -0.630. The molecule has 1 fully saturated rings. The maximum atomic E-state index is 12.3. The summed E-state index contributed by atoms with van der Waals surface area (Å²) in [5.41, 5.74) is 0.106. The lowest BCUT2D eigenvalue weighted by Gasteiger charge is -2.14. The van der Waals surface area contributed by atoms with Crippen molar-refractivity contribution in [1.82, 2.24) is 5.32 Å². The molecule has 2 rings (SSSR count). The van der Waals surface area contributed by atoms with Crippen LogP contribution in [0.2, 0.25) is 5.02 Å². The molecule has 1 aliphatic carbocycles. The van der Waals surface area contributed by atoms with Crippen molar-refractivity contribution >= 4 is 43.5 Å². The number of halogens is 2. The van der Waals surface area contributed by atoms with Gasteiger partial charge < -0.3 is 5.32 Å². The zero-order valence-electron chi connectivity index (χ0n) is 11.4. The molecule has 0 saturated heterocycles. The van der Waals surface area contributed by atoms with Gasteiger partial charge in [0.2, 0.25) is 10.0 Å². The highest BCUT2D eigenvalue weighted by molar-refractivity contribution is 9.10. The van der Waals surface area contributed by atoms with Gasteiger partial charge >= 0.3 is 0 Å². The first kappa shape index (κ1) is 16.7. The van der Waals surface area contributed by atoms with E-state index in [1.807, 2.05) is 0 Å². The Bertz CT molecular complexity index is 678. The third-order valence-electron chi connectivity index (χ3n) is 3.60. The zero-order chi connectivity index (χ0) is 15.8. The van der Waals surface area contributed by atoms with Crippen LogP contribution < -0.4 is 10.5 Å². The van der Waals surface area contributed by atoms with Crippen LogP contribution in [-0.2, 0) is 10.0 Å². The Labute approximate surface area is 137 Å². The van der Waals surface area contributed by atoms with Gasteiger partial charge in [-0.3, -0.25) is 4.79 Å². The molecule has 1 aromatic carbocycles. The molecule has 0 aliphatic heterocycles. The molecule has 21 heavy (non-hydrogen) atoms. The lowest BCUT2D eigenvalue weighted by Crippen LogP contribution is -2.33.